The van der Waals surface area contributed by atoms with Gasteiger partial charge in [0.1, 0.15) is 11.5 Å². The molecule has 2 heterocycles. The van der Waals surface area contributed by atoms with E-state index in [1.807, 2.05) is 55.5 Å². The Morgan fingerprint density at radius 1 is 1.03 bits per heavy atom. The van der Waals surface area contributed by atoms with Crippen LogP contribution in [0.4, 0.5) is 0 Å². The highest BCUT2D eigenvalue weighted by molar-refractivity contribution is 7.99. The van der Waals surface area contributed by atoms with Gasteiger partial charge in [-0.05, 0) is 61.9 Å². The molecule has 0 amide bonds. The highest BCUT2D eigenvalue weighted by atomic mass is 32.2. The lowest BCUT2D eigenvalue weighted by Gasteiger charge is -2.16. The van der Waals surface area contributed by atoms with Gasteiger partial charge in [0, 0.05) is 11.3 Å². The summed E-state index contributed by atoms with van der Waals surface area (Å²) in [5, 5.41) is 13.9. The number of nitrogens with zero attached hydrogens (tertiary/aromatic N) is 4. The van der Waals surface area contributed by atoms with Gasteiger partial charge in [0.15, 0.2) is 5.82 Å². The van der Waals surface area contributed by atoms with Crippen LogP contribution >= 0.6 is 11.8 Å². The first-order chi connectivity index (χ1) is 16.1. The van der Waals surface area contributed by atoms with Gasteiger partial charge in [0.25, 0.3) is 0 Å². The Morgan fingerprint density at radius 3 is 2.42 bits per heavy atom. The lowest BCUT2D eigenvalue weighted by atomic mass is 10.1. The van der Waals surface area contributed by atoms with Gasteiger partial charge < -0.3 is 14.2 Å². The fraction of sp³-hybridized carbons (Fsp3) is 0.250. The van der Waals surface area contributed by atoms with Gasteiger partial charge >= 0.3 is 5.97 Å². The molecular weight excluding hydrogens is 440 g/mol. The van der Waals surface area contributed by atoms with Crippen LogP contribution in [0.3, 0.4) is 0 Å². The van der Waals surface area contributed by atoms with E-state index < -0.39 is 5.97 Å². The average Bonchev–Trinajstić information content (AvgIpc) is 3.27. The normalized spacial score (nSPS) is 13.2. The summed E-state index contributed by atoms with van der Waals surface area (Å²) in [6, 6.07) is 15.0. The highest BCUT2D eigenvalue weighted by Crippen LogP contribution is 2.30. The van der Waals surface area contributed by atoms with E-state index in [0.29, 0.717) is 34.6 Å². The monoisotopic (exact) mass is 464 g/mol. The molecule has 9 heteroatoms. The molecule has 3 aromatic rings. The maximum atomic E-state index is 12.8. The molecule has 0 saturated heterocycles. The third-order valence-corrected chi connectivity index (χ3v) is 5.76. The molecule has 33 heavy (non-hydrogen) atoms. The lowest BCUT2D eigenvalue weighted by molar-refractivity contribution is -0.137. The molecule has 0 unspecified atom stereocenters. The SMILES string of the molecule is CCOC(=O)/C(=C\c1ccc(OCC)cc1)C1=Nn2c(nnc2-c2ccc(OC)cc2)SC1. The highest BCUT2D eigenvalue weighted by Gasteiger charge is 2.25. The van der Waals surface area contributed by atoms with Gasteiger partial charge in [-0.25, -0.2) is 4.79 Å². The smallest absolute Gasteiger partial charge is 0.340 e. The van der Waals surface area contributed by atoms with Crippen molar-refractivity contribution in [2.45, 2.75) is 19.0 Å². The predicted octanol–water partition coefficient (Wildman–Crippen LogP) is 4.31. The van der Waals surface area contributed by atoms with Crippen LogP contribution in [0.2, 0.25) is 0 Å². The molecule has 1 aliphatic rings. The zero-order valence-corrected chi connectivity index (χ0v) is 19.5. The Balaban J connectivity index is 1.72. The van der Waals surface area contributed by atoms with Crippen molar-refractivity contribution in [2.24, 2.45) is 5.10 Å². The largest absolute Gasteiger partial charge is 0.497 e. The third kappa shape index (κ3) is 5.09. The standard InChI is InChI=1S/C24H24N4O4S/c1-4-31-19-10-6-16(7-11-19)14-20(23(29)32-5-2)21-15-33-24-26-25-22(28(24)27-21)17-8-12-18(30-3)13-9-17/h6-14H,4-5,15H2,1-3H3/b20-14-. The van der Waals surface area contributed by atoms with Crippen molar-refractivity contribution in [3.05, 3.63) is 59.7 Å². The number of carbonyl (C=O) groups excluding carboxylic acids is 1. The van der Waals surface area contributed by atoms with Crippen molar-refractivity contribution in [2.75, 3.05) is 26.1 Å². The van der Waals surface area contributed by atoms with Crippen LogP contribution in [0.5, 0.6) is 11.5 Å². The number of hydrogen-bond acceptors (Lipinski definition) is 8. The number of rotatable bonds is 8. The minimum absolute atomic E-state index is 0.273. The van der Waals surface area contributed by atoms with Crippen molar-refractivity contribution in [3.63, 3.8) is 0 Å². The van der Waals surface area contributed by atoms with Gasteiger partial charge in [-0.1, -0.05) is 23.9 Å². The number of benzene rings is 2. The molecule has 0 spiro atoms. The molecule has 4 rings (SSSR count). The van der Waals surface area contributed by atoms with E-state index in [1.54, 1.807) is 24.8 Å². The van der Waals surface area contributed by atoms with Crippen LogP contribution in [-0.4, -0.2) is 52.6 Å². The minimum atomic E-state index is -0.423. The second kappa shape index (κ2) is 10.4. The summed E-state index contributed by atoms with van der Waals surface area (Å²) >= 11 is 1.47. The molecule has 0 bridgehead atoms. The van der Waals surface area contributed by atoms with Gasteiger partial charge in [0.2, 0.25) is 5.16 Å². The molecule has 0 atom stereocenters. The molecule has 0 saturated carbocycles. The molecule has 1 aliphatic heterocycles. The zero-order valence-electron chi connectivity index (χ0n) is 18.6. The average molecular weight is 465 g/mol. The van der Waals surface area contributed by atoms with Gasteiger partial charge in [-0.15, -0.1) is 10.2 Å². The maximum Gasteiger partial charge on any atom is 0.340 e. The first-order valence-electron chi connectivity index (χ1n) is 10.6. The fourth-order valence-corrected chi connectivity index (χ4v) is 4.07. The zero-order chi connectivity index (χ0) is 23.2. The molecule has 0 radical (unpaired) electrons. The van der Waals surface area contributed by atoms with E-state index in [-0.39, 0.29) is 6.61 Å². The molecule has 170 valence electrons. The summed E-state index contributed by atoms with van der Waals surface area (Å²) in [5.74, 6) is 2.16. The van der Waals surface area contributed by atoms with E-state index in [0.717, 1.165) is 22.6 Å². The number of thioether (sulfide) groups is 1. The van der Waals surface area contributed by atoms with Crippen molar-refractivity contribution in [1.82, 2.24) is 14.9 Å². The third-order valence-electron chi connectivity index (χ3n) is 4.83. The van der Waals surface area contributed by atoms with E-state index in [9.17, 15) is 4.79 Å². The van der Waals surface area contributed by atoms with Crippen molar-refractivity contribution in [1.29, 1.82) is 0 Å². The summed E-state index contributed by atoms with van der Waals surface area (Å²) in [5.41, 5.74) is 2.68. The lowest BCUT2D eigenvalue weighted by Crippen LogP contribution is -2.21. The molecule has 0 N–H and O–H groups in total. The van der Waals surface area contributed by atoms with Gasteiger partial charge in [-0.2, -0.15) is 9.78 Å². The predicted molar refractivity (Wildman–Crippen MR) is 128 cm³/mol. The second-order valence-electron chi connectivity index (χ2n) is 6.96. The van der Waals surface area contributed by atoms with Crippen LogP contribution in [0.15, 0.2) is 64.4 Å². The first-order valence-corrected chi connectivity index (χ1v) is 11.5. The number of esters is 1. The molecular formula is C24H24N4O4S. The summed E-state index contributed by atoms with van der Waals surface area (Å²) < 4.78 is 17.7. The van der Waals surface area contributed by atoms with Crippen LogP contribution in [0, 0.1) is 0 Å². The van der Waals surface area contributed by atoms with E-state index >= 15 is 0 Å². The Bertz CT molecular complexity index is 1180. The van der Waals surface area contributed by atoms with Crippen molar-refractivity contribution in [3.8, 4) is 22.9 Å². The van der Waals surface area contributed by atoms with Crippen LogP contribution in [0.25, 0.3) is 17.5 Å². The van der Waals surface area contributed by atoms with Crippen molar-refractivity contribution < 1.29 is 19.0 Å². The Hall–Kier alpha value is -3.59. The summed E-state index contributed by atoms with van der Waals surface area (Å²) in [7, 11) is 1.62. The van der Waals surface area contributed by atoms with E-state index in [4.69, 9.17) is 19.3 Å². The molecule has 8 nitrogen and oxygen atoms in total. The van der Waals surface area contributed by atoms with Crippen LogP contribution < -0.4 is 9.47 Å². The Morgan fingerprint density at radius 2 is 1.76 bits per heavy atom. The first kappa shape index (κ1) is 22.6. The van der Waals surface area contributed by atoms with Crippen LogP contribution in [0.1, 0.15) is 19.4 Å². The number of hydrogen-bond donors (Lipinski definition) is 0. The summed E-state index contributed by atoms with van der Waals surface area (Å²) in [6.45, 7) is 4.58. The molecule has 1 aromatic heterocycles. The van der Waals surface area contributed by atoms with Crippen LogP contribution in [-0.2, 0) is 9.53 Å². The fourth-order valence-electron chi connectivity index (χ4n) is 3.24. The van der Waals surface area contributed by atoms with E-state index in [1.165, 1.54) is 11.8 Å². The number of fused-ring (bicyclic) bond motifs is 1. The van der Waals surface area contributed by atoms with Crippen molar-refractivity contribution >= 4 is 29.5 Å². The number of carbonyl (C=O) groups is 1. The summed E-state index contributed by atoms with van der Waals surface area (Å²) in [4.78, 5) is 12.8. The number of aromatic nitrogens is 3. The summed E-state index contributed by atoms with van der Waals surface area (Å²) in [6.07, 6.45) is 1.79. The molecule has 0 aliphatic carbocycles. The molecule has 0 fully saturated rings. The minimum Gasteiger partial charge on any atom is -0.497 e. The topological polar surface area (TPSA) is 87.8 Å². The van der Waals surface area contributed by atoms with Gasteiger partial charge in [-0.3, -0.25) is 0 Å². The quantitative estimate of drug-likeness (QED) is 0.363. The molecule has 2 aromatic carbocycles. The Kier molecular flexibility index (Phi) is 7.09. The van der Waals surface area contributed by atoms with E-state index in [2.05, 4.69) is 10.2 Å². The second-order valence-corrected chi connectivity index (χ2v) is 7.90. The number of ether oxygens (including phenoxy) is 3. The maximum absolute atomic E-state index is 12.8. The van der Waals surface area contributed by atoms with Gasteiger partial charge in [0.05, 0.1) is 31.6 Å². The Labute approximate surface area is 196 Å². The number of methoxy groups -OCH3 is 1.